The van der Waals surface area contributed by atoms with Crippen molar-refractivity contribution in [2.24, 2.45) is 17.3 Å². The van der Waals surface area contributed by atoms with Gasteiger partial charge in [-0.3, -0.25) is 4.79 Å². The highest BCUT2D eigenvalue weighted by Crippen LogP contribution is 2.50. The molecular weight excluding hydrogens is 224 g/mol. The molecule has 0 radical (unpaired) electrons. The minimum atomic E-state index is 0. The minimum Gasteiger partial charge on any atom is -0.356 e. The van der Waals surface area contributed by atoms with Gasteiger partial charge in [-0.05, 0) is 37.1 Å². The average molecular weight is 247 g/mol. The van der Waals surface area contributed by atoms with Crippen LogP contribution in [0.4, 0.5) is 0 Å². The normalized spacial score (nSPS) is 31.4. The summed E-state index contributed by atoms with van der Waals surface area (Å²) in [6, 6.07) is 0. The van der Waals surface area contributed by atoms with Gasteiger partial charge in [0.1, 0.15) is 0 Å². The molecule has 4 heteroatoms. The lowest BCUT2D eigenvalue weighted by atomic mass is 9.99. The summed E-state index contributed by atoms with van der Waals surface area (Å²) >= 11 is 0. The topological polar surface area (TPSA) is 41.1 Å². The Kier molecular flexibility index (Phi) is 4.62. The maximum absolute atomic E-state index is 11.8. The second-order valence-electron chi connectivity index (χ2n) is 5.68. The first-order chi connectivity index (χ1) is 7.09. The van der Waals surface area contributed by atoms with Gasteiger partial charge in [-0.1, -0.05) is 13.8 Å². The molecule has 2 aliphatic rings. The van der Waals surface area contributed by atoms with Gasteiger partial charge < -0.3 is 10.6 Å². The SMILES string of the molecule is CC1(C)CC1CNC(=O)C1CCCNC1.Cl. The summed E-state index contributed by atoms with van der Waals surface area (Å²) in [6.45, 7) is 7.35. The quantitative estimate of drug-likeness (QED) is 0.794. The van der Waals surface area contributed by atoms with Crippen molar-refractivity contribution in [1.82, 2.24) is 10.6 Å². The number of piperidine rings is 1. The highest BCUT2D eigenvalue weighted by molar-refractivity contribution is 5.85. The largest absolute Gasteiger partial charge is 0.356 e. The van der Waals surface area contributed by atoms with Crippen LogP contribution >= 0.6 is 12.4 Å². The highest BCUT2D eigenvalue weighted by Gasteiger charge is 2.45. The van der Waals surface area contributed by atoms with Crippen molar-refractivity contribution < 1.29 is 4.79 Å². The zero-order valence-electron chi connectivity index (χ0n) is 10.2. The first kappa shape index (κ1) is 13.8. The molecule has 2 unspecified atom stereocenters. The van der Waals surface area contributed by atoms with E-state index in [2.05, 4.69) is 24.5 Å². The molecule has 0 bridgehead atoms. The summed E-state index contributed by atoms with van der Waals surface area (Å²) in [7, 11) is 0. The van der Waals surface area contributed by atoms with Crippen molar-refractivity contribution in [2.75, 3.05) is 19.6 Å². The standard InChI is InChI=1S/C12H22N2O.ClH/c1-12(2)6-10(12)8-14-11(15)9-4-3-5-13-7-9;/h9-10,13H,3-8H2,1-2H3,(H,14,15);1H. The van der Waals surface area contributed by atoms with E-state index in [0.29, 0.717) is 11.3 Å². The van der Waals surface area contributed by atoms with Gasteiger partial charge in [-0.15, -0.1) is 12.4 Å². The summed E-state index contributed by atoms with van der Waals surface area (Å²) in [5.74, 6) is 1.17. The van der Waals surface area contributed by atoms with E-state index in [0.717, 1.165) is 32.5 Å². The Morgan fingerprint density at radius 2 is 2.19 bits per heavy atom. The number of halogens is 1. The van der Waals surface area contributed by atoms with E-state index in [9.17, 15) is 4.79 Å². The Bertz CT molecular complexity index is 249. The molecule has 2 N–H and O–H groups in total. The fourth-order valence-corrected chi connectivity index (χ4v) is 2.37. The minimum absolute atomic E-state index is 0. The molecule has 16 heavy (non-hydrogen) atoms. The third-order valence-electron chi connectivity index (χ3n) is 3.91. The molecule has 0 aromatic carbocycles. The van der Waals surface area contributed by atoms with E-state index >= 15 is 0 Å². The van der Waals surface area contributed by atoms with Crippen LogP contribution in [-0.4, -0.2) is 25.5 Å². The summed E-state index contributed by atoms with van der Waals surface area (Å²) in [5.41, 5.74) is 0.470. The smallest absolute Gasteiger partial charge is 0.224 e. The van der Waals surface area contributed by atoms with Gasteiger partial charge in [-0.2, -0.15) is 0 Å². The zero-order valence-corrected chi connectivity index (χ0v) is 11.0. The molecule has 1 saturated heterocycles. The highest BCUT2D eigenvalue weighted by atomic mass is 35.5. The molecule has 1 heterocycles. The number of carbonyl (C=O) groups is 1. The Morgan fingerprint density at radius 1 is 1.50 bits per heavy atom. The van der Waals surface area contributed by atoms with Gasteiger partial charge in [0.05, 0.1) is 5.92 Å². The lowest BCUT2D eigenvalue weighted by molar-refractivity contribution is -0.125. The van der Waals surface area contributed by atoms with Crippen LogP contribution in [-0.2, 0) is 4.79 Å². The molecule has 94 valence electrons. The molecule has 0 aromatic rings. The fourth-order valence-electron chi connectivity index (χ4n) is 2.37. The molecule has 1 saturated carbocycles. The molecule has 2 fully saturated rings. The molecular formula is C12H23ClN2O. The van der Waals surface area contributed by atoms with Crippen LogP contribution in [0, 0.1) is 17.3 Å². The Hall–Kier alpha value is -0.280. The monoisotopic (exact) mass is 246 g/mol. The summed E-state index contributed by atoms with van der Waals surface area (Å²) in [4.78, 5) is 11.8. The zero-order chi connectivity index (χ0) is 10.9. The maximum atomic E-state index is 11.8. The Labute approximate surface area is 104 Å². The van der Waals surface area contributed by atoms with Gasteiger partial charge in [0, 0.05) is 13.1 Å². The lowest BCUT2D eigenvalue weighted by Crippen LogP contribution is -2.41. The molecule has 3 nitrogen and oxygen atoms in total. The Morgan fingerprint density at radius 3 is 2.69 bits per heavy atom. The van der Waals surface area contributed by atoms with Crippen molar-refractivity contribution in [3.8, 4) is 0 Å². The lowest BCUT2D eigenvalue weighted by Gasteiger charge is -2.22. The number of rotatable bonds is 3. The van der Waals surface area contributed by atoms with Crippen molar-refractivity contribution >= 4 is 18.3 Å². The van der Waals surface area contributed by atoms with E-state index in [1.807, 2.05) is 0 Å². The van der Waals surface area contributed by atoms with Crippen molar-refractivity contribution in [3.63, 3.8) is 0 Å². The number of amides is 1. The molecule has 1 aliphatic heterocycles. The van der Waals surface area contributed by atoms with Crippen LogP contribution in [0.2, 0.25) is 0 Å². The molecule has 0 aromatic heterocycles. The third-order valence-corrected chi connectivity index (χ3v) is 3.91. The van der Waals surface area contributed by atoms with Crippen molar-refractivity contribution in [2.45, 2.75) is 33.1 Å². The van der Waals surface area contributed by atoms with Crippen molar-refractivity contribution in [3.05, 3.63) is 0 Å². The number of hydrogen-bond acceptors (Lipinski definition) is 2. The van der Waals surface area contributed by atoms with Crippen LogP contribution in [0.15, 0.2) is 0 Å². The van der Waals surface area contributed by atoms with Gasteiger partial charge in [0.15, 0.2) is 0 Å². The summed E-state index contributed by atoms with van der Waals surface area (Å²) in [6.07, 6.45) is 3.44. The summed E-state index contributed by atoms with van der Waals surface area (Å²) < 4.78 is 0. The molecule has 1 amide bonds. The van der Waals surface area contributed by atoms with Gasteiger partial charge in [-0.25, -0.2) is 0 Å². The van der Waals surface area contributed by atoms with Crippen LogP contribution in [0.3, 0.4) is 0 Å². The molecule has 0 spiro atoms. The van der Waals surface area contributed by atoms with Crippen LogP contribution < -0.4 is 10.6 Å². The molecule has 2 rings (SSSR count). The van der Waals surface area contributed by atoms with E-state index < -0.39 is 0 Å². The summed E-state index contributed by atoms with van der Waals surface area (Å²) in [5, 5.41) is 6.37. The van der Waals surface area contributed by atoms with Crippen LogP contribution in [0.1, 0.15) is 33.1 Å². The van der Waals surface area contributed by atoms with E-state index in [-0.39, 0.29) is 24.2 Å². The number of nitrogens with one attached hydrogen (secondary N) is 2. The van der Waals surface area contributed by atoms with Crippen molar-refractivity contribution in [1.29, 1.82) is 0 Å². The second kappa shape index (κ2) is 5.37. The van der Waals surface area contributed by atoms with Gasteiger partial charge in [0.2, 0.25) is 5.91 Å². The number of hydrogen-bond donors (Lipinski definition) is 2. The first-order valence-corrected chi connectivity index (χ1v) is 6.08. The maximum Gasteiger partial charge on any atom is 0.224 e. The van der Waals surface area contributed by atoms with E-state index in [1.54, 1.807) is 0 Å². The average Bonchev–Trinajstić information content (AvgIpc) is 2.84. The van der Waals surface area contributed by atoms with Crippen LogP contribution in [0.25, 0.3) is 0 Å². The Balaban J connectivity index is 0.00000128. The van der Waals surface area contributed by atoms with Gasteiger partial charge >= 0.3 is 0 Å². The third kappa shape index (κ3) is 3.36. The van der Waals surface area contributed by atoms with Gasteiger partial charge in [0.25, 0.3) is 0 Å². The first-order valence-electron chi connectivity index (χ1n) is 6.08. The second-order valence-corrected chi connectivity index (χ2v) is 5.68. The fraction of sp³-hybridized carbons (Fsp3) is 0.917. The predicted octanol–water partition coefficient (Wildman–Crippen LogP) is 1.57. The van der Waals surface area contributed by atoms with E-state index in [1.165, 1.54) is 6.42 Å². The predicted molar refractivity (Wildman–Crippen MR) is 67.7 cm³/mol. The molecule has 2 atom stereocenters. The van der Waals surface area contributed by atoms with Crippen LogP contribution in [0.5, 0.6) is 0 Å². The van der Waals surface area contributed by atoms with E-state index in [4.69, 9.17) is 0 Å². The molecule has 1 aliphatic carbocycles. The number of carbonyl (C=O) groups excluding carboxylic acids is 1.